The molecule has 2 aromatic carbocycles. The van der Waals surface area contributed by atoms with Crippen molar-refractivity contribution in [1.82, 2.24) is 20.2 Å². The van der Waals surface area contributed by atoms with Crippen LogP contribution in [-0.4, -0.2) is 32.1 Å². The number of hydrazone groups is 1. The molecule has 2 N–H and O–H groups in total. The summed E-state index contributed by atoms with van der Waals surface area (Å²) in [5.41, 5.74) is 4.17. The Hall–Kier alpha value is -2.73. The van der Waals surface area contributed by atoms with Gasteiger partial charge in [-0.05, 0) is 71.5 Å². The highest BCUT2D eigenvalue weighted by Crippen LogP contribution is 2.23. The van der Waals surface area contributed by atoms with E-state index in [1.807, 2.05) is 28.8 Å². The summed E-state index contributed by atoms with van der Waals surface area (Å²) < 4.78 is 16.0. The lowest BCUT2D eigenvalue weighted by Crippen LogP contribution is -2.27. The molecule has 0 radical (unpaired) electrons. The number of halogens is 2. The predicted octanol–water partition coefficient (Wildman–Crippen LogP) is 4.45. The number of amides is 1. The monoisotopic (exact) mass is 564 g/mol. The van der Waals surface area contributed by atoms with Crippen LogP contribution in [0.5, 0.6) is 0 Å². The summed E-state index contributed by atoms with van der Waals surface area (Å²) in [6.07, 6.45) is 3.23. The fraction of sp³-hybridized carbons (Fsp3) is 0.182. The normalized spacial score (nSPS) is 12.0. The summed E-state index contributed by atoms with van der Waals surface area (Å²) in [4.78, 5) is 12.4. The quantitative estimate of drug-likeness (QED) is 0.125. The topological polar surface area (TPSA) is 84.2 Å². The minimum absolute atomic E-state index is 0.278. The molecule has 32 heavy (non-hydrogen) atoms. The Morgan fingerprint density at radius 1 is 1.25 bits per heavy atom. The molecule has 1 aromatic heterocycles. The predicted molar refractivity (Wildman–Crippen MR) is 134 cm³/mol. The van der Waals surface area contributed by atoms with Gasteiger partial charge in [-0.25, -0.2) is 9.82 Å². The molecule has 166 valence electrons. The number of anilines is 1. The van der Waals surface area contributed by atoms with Crippen molar-refractivity contribution in [3.63, 3.8) is 0 Å². The maximum Gasteiger partial charge on any atom is 0.253 e. The summed E-state index contributed by atoms with van der Waals surface area (Å²) in [6, 6.07) is 13.9. The molecule has 0 spiro atoms. The van der Waals surface area contributed by atoms with E-state index in [9.17, 15) is 9.18 Å². The first-order valence-corrected chi connectivity index (χ1v) is 11.7. The van der Waals surface area contributed by atoms with Crippen molar-refractivity contribution in [2.24, 2.45) is 5.10 Å². The minimum Gasteiger partial charge on any atom is -0.378 e. The molecule has 1 heterocycles. The Morgan fingerprint density at radius 2 is 1.97 bits per heavy atom. The molecule has 0 saturated heterocycles. The number of rotatable bonds is 10. The number of allylic oxidation sites excluding steroid dienone is 1. The van der Waals surface area contributed by atoms with Gasteiger partial charge in [0.2, 0.25) is 0 Å². The van der Waals surface area contributed by atoms with Gasteiger partial charge in [0.1, 0.15) is 5.82 Å². The second kappa shape index (κ2) is 11.8. The zero-order valence-corrected chi connectivity index (χ0v) is 20.3. The van der Waals surface area contributed by atoms with E-state index in [1.54, 1.807) is 25.1 Å². The highest BCUT2D eigenvalue weighted by molar-refractivity contribution is 14.1. The summed E-state index contributed by atoms with van der Waals surface area (Å²) in [5, 5.41) is 16.0. The minimum atomic E-state index is -0.454. The highest BCUT2D eigenvalue weighted by atomic mass is 127. The number of nitrogens with zero attached hydrogens (tertiary/aromatic N) is 4. The molecule has 0 unspecified atom stereocenters. The molecule has 0 aliphatic rings. The van der Waals surface area contributed by atoms with E-state index in [4.69, 9.17) is 0 Å². The van der Waals surface area contributed by atoms with Gasteiger partial charge in [-0.3, -0.25) is 4.79 Å². The van der Waals surface area contributed by atoms with Crippen molar-refractivity contribution in [2.45, 2.75) is 30.4 Å². The summed E-state index contributed by atoms with van der Waals surface area (Å²) >= 11 is 3.55. The number of aromatic nitrogens is 3. The van der Waals surface area contributed by atoms with E-state index in [0.717, 1.165) is 15.1 Å². The molecule has 0 aliphatic carbocycles. The number of benzene rings is 2. The number of hydrogen-bond acceptors (Lipinski definition) is 6. The van der Waals surface area contributed by atoms with Crippen LogP contribution in [0, 0.1) is 9.39 Å². The smallest absolute Gasteiger partial charge is 0.253 e. The van der Waals surface area contributed by atoms with Gasteiger partial charge in [-0.15, -0.1) is 16.8 Å². The second-order valence-electron chi connectivity index (χ2n) is 6.70. The maximum atomic E-state index is 12.9. The van der Waals surface area contributed by atoms with E-state index >= 15 is 0 Å². The van der Waals surface area contributed by atoms with Gasteiger partial charge in [0, 0.05) is 15.8 Å². The van der Waals surface area contributed by atoms with Gasteiger partial charge in [-0.1, -0.05) is 30.0 Å². The number of thioether (sulfide) groups is 1. The van der Waals surface area contributed by atoms with Crippen LogP contribution in [0.25, 0.3) is 0 Å². The molecule has 0 aliphatic heterocycles. The molecule has 7 nitrogen and oxygen atoms in total. The van der Waals surface area contributed by atoms with Gasteiger partial charge in [0.25, 0.3) is 5.91 Å². The van der Waals surface area contributed by atoms with Crippen molar-refractivity contribution >= 4 is 52.2 Å². The Morgan fingerprint density at radius 3 is 2.66 bits per heavy atom. The average Bonchev–Trinajstić information content (AvgIpc) is 3.16. The lowest BCUT2D eigenvalue weighted by atomic mass is 10.2. The van der Waals surface area contributed by atoms with Crippen LogP contribution in [0.2, 0.25) is 0 Å². The zero-order chi connectivity index (χ0) is 22.9. The fourth-order valence-electron chi connectivity index (χ4n) is 2.62. The molecular weight excluding hydrogens is 542 g/mol. The Kier molecular flexibility index (Phi) is 8.80. The van der Waals surface area contributed by atoms with Crippen LogP contribution in [0.4, 0.5) is 10.1 Å². The van der Waals surface area contributed by atoms with Gasteiger partial charge in [0.15, 0.2) is 11.0 Å². The number of carbonyl (C=O) groups is 1. The standard InChI is InChI=1S/C22H22FIN6OS/c1-3-12-30-20(14-25-19-10-8-18(24)9-11-19)27-29-22(30)32-15(2)21(31)28-26-13-16-4-6-17(23)7-5-16/h3-11,13,15,25H,1,12,14H2,2H3,(H,28,31)/b26-13-/t15-/m0/s1. The number of hydrogen-bond donors (Lipinski definition) is 2. The van der Waals surface area contributed by atoms with Crippen LogP contribution in [-0.2, 0) is 17.9 Å². The Bertz CT molecular complexity index is 1080. The largest absolute Gasteiger partial charge is 0.378 e. The molecule has 0 fully saturated rings. The van der Waals surface area contributed by atoms with E-state index in [1.165, 1.54) is 30.1 Å². The van der Waals surface area contributed by atoms with Crippen LogP contribution < -0.4 is 10.7 Å². The third-order valence-corrected chi connectivity index (χ3v) is 6.11. The van der Waals surface area contributed by atoms with Crippen LogP contribution in [0.1, 0.15) is 18.3 Å². The SMILES string of the molecule is C=CCn1c(CNc2ccc(I)cc2)nnc1S[C@@H](C)C(=O)N/N=C\c1ccc(F)cc1. The first-order chi connectivity index (χ1) is 15.5. The van der Waals surface area contributed by atoms with Crippen LogP contribution >= 0.6 is 34.4 Å². The molecule has 1 amide bonds. The first-order valence-electron chi connectivity index (χ1n) is 9.74. The van der Waals surface area contributed by atoms with Crippen molar-refractivity contribution in [2.75, 3.05) is 5.32 Å². The van der Waals surface area contributed by atoms with Gasteiger partial charge in [-0.2, -0.15) is 5.10 Å². The van der Waals surface area contributed by atoms with Crippen LogP contribution in [0.15, 0.2) is 71.4 Å². The number of carbonyl (C=O) groups excluding carboxylic acids is 1. The first kappa shape index (κ1) is 23.9. The zero-order valence-electron chi connectivity index (χ0n) is 17.3. The van der Waals surface area contributed by atoms with E-state index in [0.29, 0.717) is 23.8 Å². The molecular formula is C22H22FIN6OS. The highest BCUT2D eigenvalue weighted by Gasteiger charge is 2.19. The Labute approximate surface area is 203 Å². The van der Waals surface area contributed by atoms with E-state index in [-0.39, 0.29) is 11.7 Å². The van der Waals surface area contributed by atoms with E-state index in [2.05, 4.69) is 55.2 Å². The lowest BCUT2D eigenvalue weighted by Gasteiger charge is -2.12. The van der Waals surface area contributed by atoms with Crippen molar-refractivity contribution in [1.29, 1.82) is 0 Å². The summed E-state index contributed by atoms with van der Waals surface area (Å²) in [7, 11) is 0. The lowest BCUT2D eigenvalue weighted by molar-refractivity contribution is -0.120. The third kappa shape index (κ3) is 6.89. The maximum absolute atomic E-state index is 12.9. The Balaban J connectivity index is 1.59. The third-order valence-electron chi connectivity index (χ3n) is 4.31. The molecule has 0 saturated carbocycles. The molecule has 1 atom stereocenters. The summed E-state index contributed by atoms with van der Waals surface area (Å²) in [6.45, 7) is 6.59. The van der Waals surface area contributed by atoms with Crippen molar-refractivity contribution < 1.29 is 9.18 Å². The van der Waals surface area contributed by atoms with Crippen molar-refractivity contribution in [3.05, 3.63) is 82.0 Å². The van der Waals surface area contributed by atoms with Crippen molar-refractivity contribution in [3.8, 4) is 0 Å². The molecule has 0 bridgehead atoms. The van der Waals surface area contributed by atoms with E-state index < -0.39 is 5.25 Å². The summed E-state index contributed by atoms with van der Waals surface area (Å²) in [5.74, 6) is 0.140. The molecule has 10 heteroatoms. The van der Waals surface area contributed by atoms with Gasteiger partial charge in [0.05, 0.1) is 18.0 Å². The number of nitrogens with one attached hydrogen (secondary N) is 2. The second-order valence-corrected chi connectivity index (χ2v) is 9.26. The van der Waals surface area contributed by atoms with Gasteiger partial charge < -0.3 is 9.88 Å². The molecule has 3 rings (SSSR count). The fourth-order valence-corrected chi connectivity index (χ4v) is 3.85. The molecule has 3 aromatic rings. The van der Waals surface area contributed by atoms with Crippen LogP contribution in [0.3, 0.4) is 0 Å². The average molecular weight is 564 g/mol. The van der Waals surface area contributed by atoms with Gasteiger partial charge >= 0.3 is 0 Å².